The molecule has 1 heterocycles. The maximum absolute atomic E-state index is 10.9. The lowest BCUT2D eigenvalue weighted by atomic mass is 10.2. The second kappa shape index (κ2) is 5.10. The van der Waals surface area contributed by atoms with E-state index in [9.17, 15) is 4.79 Å². The predicted octanol–water partition coefficient (Wildman–Crippen LogP) is 4.24. The van der Waals surface area contributed by atoms with E-state index in [0.717, 1.165) is 15.8 Å². The first-order chi connectivity index (χ1) is 8.06. The van der Waals surface area contributed by atoms with Crippen LogP contribution in [0, 0.1) is 0 Å². The Labute approximate surface area is 109 Å². The maximum atomic E-state index is 10.9. The van der Waals surface area contributed by atoms with Gasteiger partial charge in [-0.1, -0.05) is 19.9 Å². The van der Waals surface area contributed by atoms with E-state index < -0.39 is 5.97 Å². The normalized spacial score (nSPS) is 11.2. The summed E-state index contributed by atoms with van der Waals surface area (Å²) in [7, 11) is 0. The topological polar surface area (TPSA) is 37.3 Å². The van der Waals surface area contributed by atoms with Gasteiger partial charge in [-0.3, -0.25) is 0 Å². The van der Waals surface area contributed by atoms with E-state index in [-0.39, 0.29) is 0 Å². The predicted molar refractivity (Wildman–Crippen MR) is 75.2 cm³/mol. The number of hydrogen-bond acceptors (Lipinski definition) is 3. The van der Waals surface area contributed by atoms with Crippen LogP contribution in [0.2, 0.25) is 0 Å². The lowest BCUT2D eigenvalue weighted by Crippen LogP contribution is -1.94. The number of aromatic carboxylic acids is 1. The molecule has 4 heteroatoms. The summed E-state index contributed by atoms with van der Waals surface area (Å²) in [6.07, 6.45) is 0. The molecular weight excluding hydrogens is 252 g/mol. The van der Waals surface area contributed by atoms with Gasteiger partial charge in [-0.2, -0.15) is 11.8 Å². The molecule has 0 saturated heterocycles. The van der Waals surface area contributed by atoms with Crippen molar-refractivity contribution in [3.8, 4) is 0 Å². The first kappa shape index (κ1) is 12.5. The van der Waals surface area contributed by atoms with E-state index in [0.29, 0.717) is 10.8 Å². The van der Waals surface area contributed by atoms with Gasteiger partial charge in [0.05, 0.1) is 5.56 Å². The van der Waals surface area contributed by atoms with Crippen LogP contribution in [0.25, 0.3) is 10.1 Å². The van der Waals surface area contributed by atoms with Crippen LogP contribution in [-0.2, 0) is 5.75 Å². The number of thioether (sulfide) groups is 1. The van der Waals surface area contributed by atoms with Crippen LogP contribution in [0.3, 0.4) is 0 Å². The highest BCUT2D eigenvalue weighted by molar-refractivity contribution is 7.99. The van der Waals surface area contributed by atoms with E-state index in [1.54, 1.807) is 23.5 Å². The second-order valence-corrected chi connectivity index (χ2v) is 6.86. The Morgan fingerprint density at radius 3 is 2.82 bits per heavy atom. The molecule has 1 aromatic carbocycles. The number of carboxylic acid groups (broad SMARTS) is 1. The van der Waals surface area contributed by atoms with Crippen LogP contribution in [-0.4, -0.2) is 16.3 Å². The van der Waals surface area contributed by atoms with Gasteiger partial charge in [-0.05, 0) is 28.8 Å². The summed E-state index contributed by atoms with van der Waals surface area (Å²) in [5.41, 5.74) is 0.363. The van der Waals surface area contributed by atoms with Crippen LogP contribution in [0.4, 0.5) is 0 Å². The van der Waals surface area contributed by atoms with Crippen molar-refractivity contribution in [2.45, 2.75) is 24.9 Å². The molecule has 0 saturated carbocycles. The number of hydrogen-bond donors (Lipinski definition) is 1. The molecule has 0 bridgehead atoms. The fourth-order valence-electron chi connectivity index (χ4n) is 1.54. The van der Waals surface area contributed by atoms with E-state index in [2.05, 4.69) is 19.9 Å². The van der Waals surface area contributed by atoms with Crippen LogP contribution in [0.15, 0.2) is 24.3 Å². The molecule has 0 aliphatic rings. The third kappa shape index (κ3) is 3.01. The van der Waals surface area contributed by atoms with Crippen LogP contribution < -0.4 is 0 Å². The van der Waals surface area contributed by atoms with Crippen LogP contribution in [0.5, 0.6) is 0 Å². The molecule has 0 atom stereocenters. The lowest BCUT2D eigenvalue weighted by molar-refractivity contribution is 0.0697. The smallest absolute Gasteiger partial charge is 0.335 e. The Balaban J connectivity index is 2.27. The standard InChI is InChI=1S/C13H14O2S2/c1-8(2)16-7-11-5-9-3-4-10(13(14)15)6-12(9)17-11/h3-6,8H,7H2,1-2H3,(H,14,15). The molecule has 17 heavy (non-hydrogen) atoms. The van der Waals surface area contributed by atoms with Crippen LogP contribution in [0.1, 0.15) is 29.1 Å². The average molecular weight is 266 g/mol. The monoisotopic (exact) mass is 266 g/mol. The Kier molecular flexibility index (Phi) is 3.74. The van der Waals surface area contributed by atoms with Gasteiger partial charge >= 0.3 is 5.97 Å². The molecular formula is C13H14O2S2. The van der Waals surface area contributed by atoms with Crippen molar-refractivity contribution < 1.29 is 9.90 Å². The molecule has 2 aromatic rings. The zero-order valence-corrected chi connectivity index (χ0v) is 11.4. The van der Waals surface area contributed by atoms with E-state index in [1.807, 2.05) is 17.8 Å². The van der Waals surface area contributed by atoms with Crippen molar-refractivity contribution in [2.75, 3.05) is 0 Å². The molecule has 1 N–H and O–H groups in total. The minimum Gasteiger partial charge on any atom is -0.478 e. The number of carboxylic acids is 1. The van der Waals surface area contributed by atoms with Crippen molar-refractivity contribution in [3.63, 3.8) is 0 Å². The highest BCUT2D eigenvalue weighted by atomic mass is 32.2. The largest absolute Gasteiger partial charge is 0.478 e. The number of fused-ring (bicyclic) bond motifs is 1. The summed E-state index contributed by atoms with van der Waals surface area (Å²) in [5, 5.41) is 10.7. The number of rotatable bonds is 4. The molecule has 90 valence electrons. The molecule has 0 amide bonds. The van der Waals surface area contributed by atoms with Crippen molar-refractivity contribution >= 4 is 39.2 Å². The van der Waals surface area contributed by atoms with Gasteiger partial charge in [0.25, 0.3) is 0 Å². The van der Waals surface area contributed by atoms with E-state index in [1.165, 1.54) is 4.88 Å². The average Bonchev–Trinajstić information content (AvgIpc) is 2.67. The number of benzene rings is 1. The molecule has 1 aromatic heterocycles. The molecule has 2 nitrogen and oxygen atoms in total. The fraction of sp³-hybridized carbons (Fsp3) is 0.308. The van der Waals surface area contributed by atoms with Gasteiger partial charge in [0.2, 0.25) is 0 Å². The third-order valence-corrected chi connectivity index (χ3v) is 4.80. The third-order valence-electron chi connectivity index (χ3n) is 2.38. The van der Waals surface area contributed by atoms with Gasteiger partial charge in [-0.15, -0.1) is 11.3 Å². The summed E-state index contributed by atoms with van der Waals surface area (Å²) in [5.74, 6) is 0.137. The highest BCUT2D eigenvalue weighted by Crippen LogP contribution is 2.30. The molecule has 0 unspecified atom stereocenters. The van der Waals surface area contributed by atoms with Gasteiger partial charge in [-0.25, -0.2) is 4.79 Å². The molecule has 0 radical (unpaired) electrons. The summed E-state index contributed by atoms with van der Waals surface area (Å²) < 4.78 is 1.06. The molecule has 0 aliphatic carbocycles. The van der Waals surface area contributed by atoms with Crippen molar-refractivity contribution in [1.29, 1.82) is 0 Å². The summed E-state index contributed by atoms with van der Waals surface area (Å²) in [6, 6.07) is 7.46. The van der Waals surface area contributed by atoms with E-state index >= 15 is 0 Å². The SMILES string of the molecule is CC(C)SCc1cc2ccc(C(=O)O)cc2s1. The van der Waals surface area contributed by atoms with Crippen molar-refractivity contribution in [2.24, 2.45) is 0 Å². The highest BCUT2D eigenvalue weighted by Gasteiger charge is 2.07. The summed E-state index contributed by atoms with van der Waals surface area (Å²) >= 11 is 3.59. The molecule has 0 aliphatic heterocycles. The van der Waals surface area contributed by atoms with Crippen LogP contribution >= 0.6 is 23.1 Å². The Morgan fingerprint density at radius 2 is 2.18 bits per heavy atom. The summed E-state index contributed by atoms with van der Waals surface area (Å²) in [4.78, 5) is 12.2. The quantitative estimate of drug-likeness (QED) is 0.899. The lowest BCUT2D eigenvalue weighted by Gasteiger charge is -2.00. The minimum atomic E-state index is -0.863. The van der Waals surface area contributed by atoms with Crippen molar-refractivity contribution in [1.82, 2.24) is 0 Å². The molecule has 0 spiro atoms. The fourth-order valence-corrected chi connectivity index (χ4v) is 3.46. The first-order valence-corrected chi connectivity index (χ1v) is 7.30. The zero-order chi connectivity index (χ0) is 12.4. The summed E-state index contributed by atoms with van der Waals surface area (Å²) in [6.45, 7) is 4.36. The van der Waals surface area contributed by atoms with Crippen molar-refractivity contribution in [3.05, 3.63) is 34.7 Å². The number of carbonyl (C=O) groups is 1. The zero-order valence-electron chi connectivity index (χ0n) is 9.77. The Hall–Kier alpha value is -1.000. The van der Waals surface area contributed by atoms with Gasteiger partial charge < -0.3 is 5.11 Å². The second-order valence-electron chi connectivity index (χ2n) is 4.13. The molecule has 2 rings (SSSR count). The van der Waals surface area contributed by atoms with E-state index in [4.69, 9.17) is 5.11 Å². The Morgan fingerprint density at radius 1 is 1.41 bits per heavy atom. The van der Waals surface area contributed by atoms with Gasteiger partial charge in [0, 0.05) is 15.3 Å². The first-order valence-electron chi connectivity index (χ1n) is 5.43. The van der Waals surface area contributed by atoms with Gasteiger partial charge in [0.15, 0.2) is 0 Å². The molecule has 0 fully saturated rings. The maximum Gasteiger partial charge on any atom is 0.335 e. The number of thiophene rings is 1. The Bertz CT molecular complexity index is 543. The van der Waals surface area contributed by atoms with Gasteiger partial charge in [0.1, 0.15) is 0 Å². The minimum absolute atomic E-state index is 0.363.